The summed E-state index contributed by atoms with van der Waals surface area (Å²) in [6.07, 6.45) is 1.06. The van der Waals surface area contributed by atoms with Crippen LogP contribution in [0.5, 0.6) is 5.75 Å². The number of ether oxygens (including phenoxy) is 1. The molecule has 1 aromatic heterocycles. The maximum atomic E-state index is 13.5. The van der Waals surface area contributed by atoms with Gasteiger partial charge in [0, 0.05) is 11.6 Å². The molecule has 114 valence electrons. The summed E-state index contributed by atoms with van der Waals surface area (Å²) in [5.41, 5.74) is 0.854. The standard InChI is InChI=1S/C16H19F2NO2/c1-3-6-19-9-14-7-12(11(2)21-14)10-20-16-5-4-13(17)8-15(16)18/h4-5,7-8,19H,3,6,9-10H2,1-2H3. The zero-order chi connectivity index (χ0) is 15.2. The summed E-state index contributed by atoms with van der Waals surface area (Å²) in [5.74, 6) is 0.261. The fraction of sp³-hybridized carbons (Fsp3) is 0.375. The van der Waals surface area contributed by atoms with E-state index >= 15 is 0 Å². The molecule has 0 aliphatic heterocycles. The Morgan fingerprint density at radius 3 is 2.76 bits per heavy atom. The molecule has 0 atom stereocenters. The summed E-state index contributed by atoms with van der Waals surface area (Å²) in [6, 6.07) is 5.14. The lowest BCUT2D eigenvalue weighted by atomic mass is 10.2. The van der Waals surface area contributed by atoms with E-state index in [-0.39, 0.29) is 12.4 Å². The first-order valence-corrected chi connectivity index (χ1v) is 6.97. The largest absolute Gasteiger partial charge is 0.486 e. The SMILES string of the molecule is CCCNCc1cc(COc2ccc(F)cc2F)c(C)o1. The summed E-state index contributed by atoms with van der Waals surface area (Å²) in [6.45, 7) is 5.69. The minimum atomic E-state index is -0.707. The van der Waals surface area contributed by atoms with Crippen LogP contribution in [0.1, 0.15) is 30.4 Å². The molecule has 1 N–H and O–H groups in total. The number of aryl methyl sites for hydroxylation is 1. The maximum absolute atomic E-state index is 13.5. The molecule has 1 heterocycles. The van der Waals surface area contributed by atoms with Crippen LogP contribution in [0.2, 0.25) is 0 Å². The van der Waals surface area contributed by atoms with Crippen LogP contribution in [-0.4, -0.2) is 6.54 Å². The van der Waals surface area contributed by atoms with Gasteiger partial charge in [0.05, 0.1) is 6.54 Å². The summed E-state index contributed by atoms with van der Waals surface area (Å²) in [4.78, 5) is 0. The van der Waals surface area contributed by atoms with E-state index in [2.05, 4.69) is 12.2 Å². The Kier molecular flexibility index (Phi) is 5.33. The summed E-state index contributed by atoms with van der Waals surface area (Å²) >= 11 is 0. The van der Waals surface area contributed by atoms with Crippen LogP contribution in [0.4, 0.5) is 8.78 Å². The van der Waals surface area contributed by atoms with Gasteiger partial charge >= 0.3 is 0 Å². The second-order valence-electron chi connectivity index (χ2n) is 4.83. The van der Waals surface area contributed by atoms with Crippen LogP contribution in [0.15, 0.2) is 28.7 Å². The van der Waals surface area contributed by atoms with Crippen LogP contribution < -0.4 is 10.1 Å². The predicted molar refractivity (Wildman–Crippen MR) is 76.1 cm³/mol. The Bertz CT molecular complexity index is 596. The fourth-order valence-electron chi connectivity index (χ4n) is 1.95. The smallest absolute Gasteiger partial charge is 0.167 e. The molecule has 2 aromatic rings. The van der Waals surface area contributed by atoms with Gasteiger partial charge < -0.3 is 14.5 Å². The van der Waals surface area contributed by atoms with Crippen molar-refractivity contribution in [2.45, 2.75) is 33.4 Å². The summed E-state index contributed by atoms with van der Waals surface area (Å²) in [7, 11) is 0. The highest BCUT2D eigenvalue weighted by Crippen LogP contribution is 2.21. The number of furan rings is 1. The molecule has 0 unspecified atom stereocenters. The number of benzene rings is 1. The highest BCUT2D eigenvalue weighted by molar-refractivity contribution is 5.26. The van der Waals surface area contributed by atoms with Crippen molar-refractivity contribution in [3.63, 3.8) is 0 Å². The quantitative estimate of drug-likeness (QED) is 0.786. The van der Waals surface area contributed by atoms with E-state index in [4.69, 9.17) is 9.15 Å². The van der Waals surface area contributed by atoms with Crippen molar-refractivity contribution < 1.29 is 17.9 Å². The molecular weight excluding hydrogens is 276 g/mol. The molecule has 0 spiro atoms. The minimum absolute atomic E-state index is 0.0302. The first-order valence-electron chi connectivity index (χ1n) is 6.97. The van der Waals surface area contributed by atoms with Gasteiger partial charge in [0.2, 0.25) is 0 Å². The third-order valence-electron chi connectivity index (χ3n) is 3.07. The molecule has 5 heteroatoms. The van der Waals surface area contributed by atoms with Gasteiger partial charge in [0.1, 0.15) is 23.9 Å². The zero-order valence-electron chi connectivity index (χ0n) is 12.2. The van der Waals surface area contributed by atoms with Crippen molar-refractivity contribution in [1.29, 1.82) is 0 Å². The molecule has 1 aromatic carbocycles. The number of halogens is 2. The normalized spacial score (nSPS) is 10.9. The van der Waals surface area contributed by atoms with Gasteiger partial charge in [-0.05, 0) is 38.1 Å². The Balaban J connectivity index is 1.96. The third kappa shape index (κ3) is 4.29. The van der Waals surface area contributed by atoms with Crippen molar-refractivity contribution >= 4 is 0 Å². The number of nitrogens with one attached hydrogen (secondary N) is 1. The molecule has 0 fully saturated rings. The van der Waals surface area contributed by atoms with E-state index < -0.39 is 11.6 Å². The molecule has 0 saturated carbocycles. The van der Waals surface area contributed by atoms with Crippen LogP contribution in [0, 0.1) is 18.6 Å². The Hall–Kier alpha value is -1.88. The molecule has 21 heavy (non-hydrogen) atoms. The zero-order valence-corrected chi connectivity index (χ0v) is 12.2. The Morgan fingerprint density at radius 1 is 1.24 bits per heavy atom. The van der Waals surface area contributed by atoms with Gasteiger partial charge in [0.15, 0.2) is 11.6 Å². The molecule has 3 nitrogen and oxygen atoms in total. The monoisotopic (exact) mass is 295 g/mol. The van der Waals surface area contributed by atoms with Gasteiger partial charge in [-0.2, -0.15) is 0 Å². The van der Waals surface area contributed by atoms with Crippen molar-refractivity contribution in [3.8, 4) is 5.75 Å². The average Bonchev–Trinajstić information content (AvgIpc) is 2.79. The highest BCUT2D eigenvalue weighted by Gasteiger charge is 2.10. The first kappa shape index (κ1) is 15.5. The molecular formula is C16H19F2NO2. The Labute approximate surface area is 122 Å². The number of hydrogen-bond donors (Lipinski definition) is 1. The molecule has 0 saturated heterocycles. The lowest BCUT2D eigenvalue weighted by Crippen LogP contribution is -2.13. The fourth-order valence-corrected chi connectivity index (χ4v) is 1.95. The minimum Gasteiger partial charge on any atom is -0.486 e. The summed E-state index contributed by atoms with van der Waals surface area (Å²) in [5, 5.41) is 3.24. The van der Waals surface area contributed by atoms with Gasteiger partial charge in [-0.3, -0.25) is 0 Å². The Morgan fingerprint density at radius 2 is 2.05 bits per heavy atom. The van der Waals surface area contributed by atoms with Gasteiger partial charge in [-0.15, -0.1) is 0 Å². The van der Waals surface area contributed by atoms with Crippen molar-refractivity contribution in [1.82, 2.24) is 5.32 Å². The predicted octanol–water partition coefficient (Wildman–Crippen LogP) is 3.94. The second-order valence-corrected chi connectivity index (χ2v) is 4.83. The molecule has 0 aliphatic rings. The highest BCUT2D eigenvalue weighted by atomic mass is 19.1. The van der Waals surface area contributed by atoms with E-state index in [1.807, 2.05) is 13.0 Å². The van der Waals surface area contributed by atoms with Crippen LogP contribution in [0.3, 0.4) is 0 Å². The molecule has 0 radical (unpaired) electrons. The number of rotatable bonds is 7. The van der Waals surface area contributed by atoms with Crippen molar-refractivity contribution in [2.24, 2.45) is 0 Å². The van der Waals surface area contributed by atoms with Crippen molar-refractivity contribution in [2.75, 3.05) is 6.54 Å². The average molecular weight is 295 g/mol. The number of hydrogen-bond acceptors (Lipinski definition) is 3. The van der Waals surface area contributed by atoms with Crippen LogP contribution in [0.25, 0.3) is 0 Å². The van der Waals surface area contributed by atoms with Crippen LogP contribution >= 0.6 is 0 Å². The van der Waals surface area contributed by atoms with E-state index in [0.29, 0.717) is 6.54 Å². The van der Waals surface area contributed by atoms with E-state index in [1.54, 1.807) is 0 Å². The summed E-state index contributed by atoms with van der Waals surface area (Å²) < 4.78 is 37.3. The third-order valence-corrected chi connectivity index (χ3v) is 3.07. The van der Waals surface area contributed by atoms with E-state index in [0.717, 1.165) is 36.1 Å². The molecule has 0 bridgehead atoms. The molecule has 2 rings (SSSR count). The van der Waals surface area contributed by atoms with Gasteiger partial charge in [-0.1, -0.05) is 6.92 Å². The maximum Gasteiger partial charge on any atom is 0.167 e. The topological polar surface area (TPSA) is 34.4 Å². The van der Waals surface area contributed by atoms with Gasteiger partial charge in [0.25, 0.3) is 0 Å². The lowest BCUT2D eigenvalue weighted by molar-refractivity contribution is 0.286. The lowest BCUT2D eigenvalue weighted by Gasteiger charge is -2.06. The van der Waals surface area contributed by atoms with Crippen molar-refractivity contribution in [3.05, 3.63) is 53.0 Å². The van der Waals surface area contributed by atoms with E-state index in [9.17, 15) is 8.78 Å². The molecule has 0 amide bonds. The van der Waals surface area contributed by atoms with Crippen LogP contribution in [-0.2, 0) is 13.2 Å². The van der Waals surface area contributed by atoms with Gasteiger partial charge in [-0.25, -0.2) is 8.78 Å². The van der Waals surface area contributed by atoms with E-state index in [1.165, 1.54) is 12.1 Å². The first-order chi connectivity index (χ1) is 10.1. The second kappa shape index (κ2) is 7.22. The molecule has 0 aliphatic carbocycles.